The van der Waals surface area contributed by atoms with Crippen LogP contribution in [0.5, 0.6) is 0 Å². The molecule has 2 rings (SSSR count). The predicted octanol–water partition coefficient (Wildman–Crippen LogP) is -0.119. The van der Waals surface area contributed by atoms with Crippen molar-refractivity contribution in [1.29, 1.82) is 0 Å². The molecule has 2 aliphatic heterocycles. The monoisotopic (exact) mass is 316 g/mol. The first kappa shape index (κ1) is 15.4. The Balaban J connectivity index is 1.75. The van der Waals surface area contributed by atoms with Crippen LogP contribution in [0.25, 0.3) is 0 Å². The molecule has 110 valence electrons. The molecule has 6 nitrogen and oxygen atoms in total. The summed E-state index contributed by atoms with van der Waals surface area (Å²) >= 11 is 8.07. The predicted molar refractivity (Wildman–Crippen MR) is 77.5 cm³/mol. The largest absolute Gasteiger partial charge is 0.282 e. The van der Waals surface area contributed by atoms with E-state index in [4.69, 9.17) is 0 Å². The average molecular weight is 316 g/mol. The molecule has 0 aromatic rings. The van der Waals surface area contributed by atoms with Crippen molar-refractivity contribution < 1.29 is 19.2 Å². The highest BCUT2D eigenvalue weighted by atomic mass is 32.1. The molecule has 4 amide bonds. The standard InChI is InChI=1S/C12H16N2O4S2/c15-9-5-7(19)11(17)13(9)3-1-2-4-14-10(16)6-8(20)12(14)18/h7-8,19-20H,1-6H2/t7-,8-/m1/s1. The summed E-state index contributed by atoms with van der Waals surface area (Å²) in [5, 5.41) is -1.07. The minimum absolute atomic E-state index is 0.145. The Hall–Kier alpha value is -1.02. The smallest absolute Gasteiger partial charge is 0.242 e. The Bertz CT molecular complexity index is 426. The van der Waals surface area contributed by atoms with Gasteiger partial charge >= 0.3 is 0 Å². The van der Waals surface area contributed by atoms with Crippen LogP contribution in [0.2, 0.25) is 0 Å². The number of hydrogen-bond acceptors (Lipinski definition) is 6. The van der Waals surface area contributed by atoms with Crippen LogP contribution in [0.1, 0.15) is 25.7 Å². The van der Waals surface area contributed by atoms with Crippen LogP contribution < -0.4 is 0 Å². The Morgan fingerprint density at radius 1 is 0.800 bits per heavy atom. The fraction of sp³-hybridized carbons (Fsp3) is 0.667. The number of nitrogens with zero attached hydrogens (tertiary/aromatic N) is 2. The van der Waals surface area contributed by atoms with Gasteiger partial charge in [-0.15, -0.1) is 0 Å². The van der Waals surface area contributed by atoms with E-state index in [0.717, 1.165) is 0 Å². The molecule has 2 heterocycles. The zero-order chi connectivity index (χ0) is 14.9. The average Bonchev–Trinajstić information content (AvgIpc) is 2.76. The zero-order valence-corrected chi connectivity index (χ0v) is 12.6. The summed E-state index contributed by atoms with van der Waals surface area (Å²) in [7, 11) is 0. The van der Waals surface area contributed by atoms with Crippen molar-refractivity contribution >= 4 is 48.9 Å². The molecule has 0 aromatic carbocycles. The number of hydrogen-bond donors (Lipinski definition) is 2. The highest BCUT2D eigenvalue weighted by molar-refractivity contribution is 7.82. The van der Waals surface area contributed by atoms with Gasteiger partial charge in [0.1, 0.15) is 0 Å². The molecule has 0 saturated carbocycles. The summed E-state index contributed by atoms with van der Waals surface area (Å²) < 4.78 is 0. The number of thiol groups is 2. The summed E-state index contributed by atoms with van der Waals surface area (Å²) in [6.07, 6.45) is 1.41. The van der Waals surface area contributed by atoms with Crippen LogP contribution in [-0.2, 0) is 19.2 Å². The van der Waals surface area contributed by atoms with E-state index in [1.54, 1.807) is 0 Å². The first-order valence-electron chi connectivity index (χ1n) is 6.46. The van der Waals surface area contributed by atoms with Crippen LogP contribution in [0, 0.1) is 0 Å². The van der Waals surface area contributed by atoms with Crippen LogP contribution >= 0.6 is 25.3 Å². The number of carbonyl (C=O) groups is 4. The number of carbonyl (C=O) groups excluding carboxylic acids is 4. The maximum absolute atomic E-state index is 11.6. The fourth-order valence-electron chi connectivity index (χ4n) is 2.34. The molecule has 0 aliphatic carbocycles. The van der Waals surface area contributed by atoms with Crippen molar-refractivity contribution in [2.75, 3.05) is 13.1 Å². The van der Waals surface area contributed by atoms with Crippen molar-refractivity contribution in [3.8, 4) is 0 Å². The summed E-state index contributed by atoms with van der Waals surface area (Å²) in [6.45, 7) is 0.629. The second kappa shape index (κ2) is 6.17. The van der Waals surface area contributed by atoms with E-state index in [2.05, 4.69) is 25.3 Å². The molecule has 2 saturated heterocycles. The molecule has 2 aliphatic rings. The molecule has 8 heteroatoms. The Morgan fingerprint density at radius 3 is 1.40 bits per heavy atom. The highest BCUT2D eigenvalue weighted by Gasteiger charge is 2.37. The van der Waals surface area contributed by atoms with Crippen molar-refractivity contribution in [2.45, 2.75) is 36.2 Å². The van der Waals surface area contributed by atoms with Crippen molar-refractivity contribution in [2.24, 2.45) is 0 Å². The van der Waals surface area contributed by atoms with Gasteiger partial charge < -0.3 is 0 Å². The van der Waals surface area contributed by atoms with Gasteiger partial charge in [0, 0.05) is 25.9 Å². The molecule has 0 bridgehead atoms. The molecule has 0 unspecified atom stereocenters. The topological polar surface area (TPSA) is 74.8 Å². The van der Waals surface area contributed by atoms with E-state index < -0.39 is 10.5 Å². The van der Waals surface area contributed by atoms with Crippen LogP contribution in [-0.4, -0.2) is 57.0 Å². The van der Waals surface area contributed by atoms with Gasteiger partial charge in [0.25, 0.3) is 0 Å². The SMILES string of the molecule is O=C1C[C@@H](S)C(=O)N1CCCCN1C(=O)C[C@@H](S)C1=O. The summed E-state index contributed by atoms with van der Waals surface area (Å²) in [4.78, 5) is 48.7. The van der Waals surface area contributed by atoms with Gasteiger partial charge in [0.2, 0.25) is 23.6 Å². The van der Waals surface area contributed by atoms with E-state index in [9.17, 15) is 19.2 Å². The normalized spacial score (nSPS) is 27.1. The summed E-state index contributed by atoms with van der Waals surface area (Å²) in [5.41, 5.74) is 0. The Kier molecular flexibility index (Phi) is 4.74. The zero-order valence-electron chi connectivity index (χ0n) is 10.8. The second-order valence-electron chi connectivity index (χ2n) is 4.91. The number of likely N-dealkylation sites (tertiary alicyclic amines) is 2. The van der Waals surface area contributed by atoms with Gasteiger partial charge in [0.05, 0.1) is 10.5 Å². The Labute approximate surface area is 127 Å². The molecule has 0 aromatic heterocycles. The first-order chi connectivity index (χ1) is 9.41. The molecule has 20 heavy (non-hydrogen) atoms. The third-order valence-corrected chi connectivity index (χ3v) is 4.26. The van der Waals surface area contributed by atoms with Crippen LogP contribution in [0.4, 0.5) is 0 Å². The van der Waals surface area contributed by atoms with Gasteiger partial charge in [-0.1, -0.05) is 0 Å². The molecule has 0 spiro atoms. The number of rotatable bonds is 5. The number of imide groups is 2. The molecular formula is C12H16N2O4S2. The maximum atomic E-state index is 11.6. The number of amides is 4. The summed E-state index contributed by atoms with van der Waals surface area (Å²) in [5.74, 6) is -0.943. The first-order valence-corrected chi connectivity index (χ1v) is 7.49. The van der Waals surface area contributed by atoms with Crippen LogP contribution in [0.3, 0.4) is 0 Å². The lowest BCUT2D eigenvalue weighted by molar-refractivity contribution is -0.140. The minimum atomic E-state index is -0.533. The molecule has 2 atom stereocenters. The highest BCUT2D eigenvalue weighted by Crippen LogP contribution is 2.20. The second-order valence-corrected chi connectivity index (χ2v) is 6.16. The molecular weight excluding hydrogens is 300 g/mol. The lowest BCUT2D eigenvalue weighted by atomic mass is 10.3. The molecule has 0 radical (unpaired) electrons. The quantitative estimate of drug-likeness (QED) is 0.421. The van der Waals surface area contributed by atoms with Crippen molar-refractivity contribution in [3.05, 3.63) is 0 Å². The summed E-state index contributed by atoms with van der Waals surface area (Å²) in [6, 6.07) is 0. The van der Waals surface area contributed by atoms with Gasteiger partial charge in [0.15, 0.2) is 0 Å². The van der Waals surface area contributed by atoms with E-state index in [-0.39, 0.29) is 36.5 Å². The molecule has 2 fully saturated rings. The minimum Gasteiger partial charge on any atom is -0.282 e. The van der Waals surface area contributed by atoms with E-state index >= 15 is 0 Å². The van der Waals surface area contributed by atoms with Crippen LogP contribution in [0.15, 0.2) is 0 Å². The fourth-order valence-corrected chi connectivity index (χ4v) is 2.93. The van der Waals surface area contributed by atoms with Gasteiger partial charge in [-0.05, 0) is 12.8 Å². The Morgan fingerprint density at radius 2 is 1.15 bits per heavy atom. The lowest BCUT2D eigenvalue weighted by Crippen LogP contribution is -2.34. The lowest BCUT2D eigenvalue weighted by Gasteiger charge is -2.16. The van der Waals surface area contributed by atoms with Gasteiger partial charge in [-0.3, -0.25) is 29.0 Å². The van der Waals surface area contributed by atoms with Crippen molar-refractivity contribution in [1.82, 2.24) is 9.80 Å². The molecule has 0 N–H and O–H groups in total. The third-order valence-electron chi connectivity index (χ3n) is 3.45. The van der Waals surface area contributed by atoms with E-state index in [1.807, 2.05) is 0 Å². The van der Waals surface area contributed by atoms with Gasteiger partial charge in [-0.25, -0.2) is 0 Å². The number of unbranched alkanes of at least 4 members (excludes halogenated alkanes) is 1. The maximum Gasteiger partial charge on any atom is 0.242 e. The van der Waals surface area contributed by atoms with E-state index in [1.165, 1.54) is 9.80 Å². The third kappa shape index (κ3) is 3.01. The van der Waals surface area contributed by atoms with Gasteiger partial charge in [-0.2, -0.15) is 25.3 Å². The van der Waals surface area contributed by atoms with E-state index in [0.29, 0.717) is 25.9 Å². The van der Waals surface area contributed by atoms with Crippen molar-refractivity contribution in [3.63, 3.8) is 0 Å².